The van der Waals surface area contributed by atoms with E-state index >= 15 is 0 Å². The average Bonchev–Trinajstić information content (AvgIpc) is 3.63. The van der Waals surface area contributed by atoms with E-state index in [2.05, 4.69) is 31.6 Å². The molecule has 2 bridgehead atoms. The zero-order valence-corrected chi connectivity index (χ0v) is 32.7. The largest absolute Gasteiger partial charge is 0.508 e. The topological polar surface area (TPSA) is 208 Å². The quantitative estimate of drug-likeness (QED) is 0.103. The fourth-order valence-electron chi connectivity index (χ4n) is 7.22. The van der Waals surface area contributed by atoms with Gasteiger partial charge in [-0.3, -0.25) is 24.0 Å². The molecule has 6 rings (SSSR count). The summed E-state index contributed by atoms with van der Waals surface area (Å²) in [5, 5.41) is 25.4. The molecule has 13 nitrogen and oxygen atoms in total. The SMILES string of the molecule is CC(C)[C@@H]1NC(=O)[C@H](CCCCN)NC(=O)[C@@H](Cc2c[nH]c3ccccc23)NC(=O)[C@H](Cc2ccc(O)cc2)NC(=O)c2cccc(c2)-c2ccccc2CNC1=O. The fourth-order valence-corrected chi connectivity index (χ4v) is 7.22. The minimum absolute atomic E-state index is 0.0439. The van der Waals surface area contributed by atoms with Gasteiger partial charge in [0, 0.05) is 42.0 Å². The zero-order valence-electron chi connectivity index (χ0n) is 32.7. The van der Waals surface area contributed by atoms with Crippen molar-refractivity contribution < 1.29 is 29.1 Å². The third-order valence-corrected chi connectivity index (χ3v) is 10.5. The number of carbonyl (C=O) groups is 5. The summed E-state index contributed by atoms with van der Waals surface area (Å²) in [5.74, 6) is -2.95. The Hall–Kier alpha value is -6.47. The molecule has 1 aliphatic heterocycles. The van der Waals surface area contributed by atoms with Crippen LogP contribution in [-0.4, -0.2) is 70.3 Å². The van der Waals surface area contributed by atoms with Crippen molar-refractivity contribution in [3.63, 3.8) is 0 Å². The van der Waals surface area contributed by atoms with Crippen LogP contribution in [0.15, 0.2) is 103 Å². The number of unbranched alkanes of at least 4 members (excludes halogenated alkanes) is 1. The Balaban J connectivity index is 1.42. The second-order valence-corrected chi connectivity index (χ2v) is 15.1. The first-order valence-corrected chi connectivity index (χ1v) is 19.7. The highest BCUT2D eigenvalue weighted by molar-refractivity contribution is 6.00. The summed E-state index contributed by atoms with van der Waals surface area (Å²) in [4.78, 5) is 74.0. The number of nitrogens with one attached hydrogen (secondary N) is 6. The van der Waals surface area contributed by atoms with Crippen LogP contribution in [0.4, 0.5) is 0 Å². The number of nitrogens with two attached hydrogens (primary N) is 1. The van der Waals surface area contributed by atoms with Crippen LogP contribution in [0.3, 0.4) is 0 Å². The molecule has 0 saturated heterocycles. The molecule has 0 radical (unpaired) electrons. The number of phenolic OH excluding ortho intramolecular Hbond substituents is 1. The van der Waals surface area contributed by atoms with Gasteiger partial charge in [-0.25, -0.2) is 0 Å². The number of carbonyl (C=O) groups excluding carboxylic acids is 5. The van der Waals surface area contributed by atoms with E-state index in [4.69, 9.17) is 5.73 Å². The number of aromatic amines is 1. The van der Waals surface area contributed by atoms with Crippen LogP contribution < -0.4 is 32.3 Å². The van der Waals surface area contributed by atoms with Crippen molar-refractivity contribution in [2.45, 2.75) is 76.7 Å². The second kappa shape index (κ2) is 19.1. The number of aromatic nitrogens is 1. The summed E-state index contributed by atoms with van der Waals surface area (Å²) >= 11 is 0. The van der Waals surface area contributed by atoms with Crippen molar-refractivity contribution in [2.75, 3.05) is 6.54 Å². The summed E-state index contributed by atoms with van der Waals surface area (Å²) in [6.45, 7) is 4.19. The Morgan fingerprint density at radius 3 is 2.12 bits per heavy atom. The minimum atomic E-state index is -1.19. The van der Waals surface area contributed by atoms with E-state index < -0.39 is 53.7 Å². The van der Waals surface area contributed by atoms with Crippen LogP contribution in [0.5, 0.6) is 5.75 Å². The lowest BCUT2D eigenvalue weighted by atomic mass is 9.97. The van der Waals surface area contributed by atoms with Crippen molar-refractivity contribution in [1.29, 1.82) is 0 Å². The number of aromatic hydroxyl groups is 1. The molecule has 13 heteroatoms. The molecule has 0 fully saturated rings. The monoisotopic (exact) mass is 785 g/mol. The molecule has 302 valence electrons. The third-order valence-electron chi connectivity index (χ3n) is 10.5. The van der Waals surface area contributed by atoms with Gasteiger partial charge in [-0.1, -0.05) is 80.6 Å². The zero-order chi connectivity index (χ0) is 41.2. The number of hydrogen-bond acceptors (Lipinski definition) is 7. The first-order valence-electron chi connectivity index (χ1n) is 19.7. The molecule has 2 heterocycles. The van der Waals surface area contributed by atoms with E-state index in [0.717, 1.165) is 33.2 Å². The van der Waals surface area contributed by atoms with Crippen molar-refractivity contribution in [3.8, 4) is 16.9 Å². The maximum atomic E-state index is 14.5. The van der Waals surface area contributed by atoms with Crippen LogP contribution in [0.1, 0.15) is 60.2 Å². The molecule has 0 saturated carbocycles. The van der Waals surface area contributed by atoms with Gasteiger partial charge in [-0.15, -0.1) is 0 Å². The van der Waals surface area contributed by atoms with Crippen LogP contribution in [0, 0.1) is 5.92 Å². The summed E-state index contributed by atoms with van der Waals surface area (Å²) < 4.78 is 0. The average molecular weight is 786 g/mol. The number of hydrogen-bond donors (Lipinski definition) is 8. The Morgan fingerprint density at radius 1 is 0.690 bits per heavy atom. The first-order chi connectivity index (χ1) is 28.0. The molecule has 4 atom stereocenters. The van der Waals surface area contributed by atoms with Gasteiger partial charge in [-0.05, 0) is 89.9 Å². The Morgan fingerprint density at radius 2 is 1.36 bits per heavy atom. The van der Waals surface area contributed by atoms with E-state index in [1.54, 1.807) is 36.5 Å². The standard InChI is InChI=1S/C45H51N7O6/c1-27(2)40-45(58)48-25-31-10-3-4-13-34(31)29-11-9-12-30(23-29)41(54)50-38(22-28-17-19-33(53)20-18-28)43(56)51-39(24-32-26-47-36-15-6-5-14-35(32)36)44(57)49-37(42(55)52-40)16-7-8-21-46/h3-6,9-15,17-20,23,26-27,37-40,47,53H,7-8,16,21-22,24-25,46H2,1-2H3,(H,48,58)(H,49,57)(H,50,54)(H,51,56)(H,52,55)/t37-,38-,39+,40-/m0/s1. The maximum absolute atomic E-state index is 14.5. The highest BCUT2D eigenvalue weighted by atomic mass is 16.3. The van der Waals surface area contributed by atoms with E-state index in [1.165, 1.54) is 12.1 Å². The van der Waals surface area contributed by atoms with Gasteiger partial charge >= 0.3 is 0 Å². The Labute approximate surface area is 337 Å². The van der Waals surface area contributed by atoms with Crippen molar-refractivity contribution in [2.24, 2.45) is 11.7 Å². The van der Waals surface area contributed by atoms with Crippen LogP contribution >= 0.6 is 0 Å². The molecule has 0 aliphatic carbocycles. The molecule has 1 aromatic heterocycles. The number of H-pyrrole nitrogens is 1. The molecule has 58 heavy (non-hydrogen) atoms. The molecule has 5 amide bonds. The van der Waals surface area contributed by atoms with Gasteiger partial charge < -0.3 is 42.4 Å². The fraction of sp³-hybridized carbons (Fsp3) is 0.311. The Kier molecular flexibility index (Phi) is 13.6. The third kappa shape index (κ3) is 10.3. The number of phenols is 1. The predicted molar refractivity (Wildman–Crippen MR) is 222 cm³/mol. The molecular weight excluding hydrogens is 735 g/mol. The van der Waals surface area contributed by atoms with Gasteiger partial charge in [0.2, 0.25) is 23.6 Å². The van der Waals surface area contributed by atoms with Crippen molar-refractivity contribution in [3.05, 3.63) is 126 Å². The molecule has 0 unspecified atom stereocenters. The van der Waals surface area contributed by atoms with Crippen molar-refractivity contribution >= 4 is 40.4 Å². The summed E-state index contributed by atoms with van der Waals surface area (Å²) in [6.07, 6.45) is 3.23. The number of rotatable bonds is 9. The van der Waals surface area contributed by atoms with E-state index in [0.29, 0.717) is 30.5 Å². The molecule has 5 aromatic rings. The van der Waals surface area contributed by atoms with Crippen LogP contribution in [0.25, 0.3) is 22.0 Å². The number of para-hydroxylation sites is 1. The smallest absolute Gasteiger partial charge is 0.251 e. The van der Waals surface area contributed by atoms with E-state index in [1.807, 2.05) is 68.4 Å². The molecular formula is C45H51N7O6. The molecule has 9 N–H and O–H groups in total. The lowest BCUT2D eigenvalue weighted by molar-refractivity contribution is -0.134. The molecule has 1 aliphatic rings. The number of amides is 5. The van der Waals surface area contributed by atoms with Crippen molar-refractivity contribution in [1.82, 2.24) is 31.6 Å². The van der Waals surface area contributed by atoms with Gasteiger partial charge in [-0.2, -0.15) is 0 Å². The lowest BCUT2D eigenvalue weighted by Crippen LogP contribution is -2.59. The normalized spacial score (nSPS) is 19.7. The minimum Gasteiger partial charge on any atom is -0.508 e. The first kappa shape index (κ1) is 41.2. The van der Waals surface area contributed by atoms with E-state index in [-0.39, 0.29) is 37.5 Å². The molecule has 4 aromatic carbocycles. The summed E-state index contributed by atoms with van der Waals surface area (Å²) in [7, 11) is 0. The summed E-state index contributed by atoms with van der Waals surface area (Å²) in [6, 6.07) is 24.1. The highest BCUT2D eigenvalue weighted by Gasteiger charge is 2.33. The number of fused-ring (bicyclic) bond motifs is 5. The van der Waals surface area contributed by atoms with Gasteiger partial charge in [0.15, 0.2) is 0 Å². The summed E-state index contributed by atoms with van der Waals surface area (Å²) in [5.41, 5.74) is 10.6. The van der Waals surface area contributed by atoms with E-state index in [9.17, 15) is 29.1 Å². The maximum Gasteiger partial charge on any atom is 0.251 e. The van der Waals surface area contributed by atoms with Gasteiger partial charge in [0.1, 0.15) is 29.9 Å². The second-order valence-electron chi connectivity index (χ2n) is 15.1. The van der Waals surface area contributed by atoms with Gasteiger partial charge in [0.25, 0.3) is 5.91 Å². The van der Waals surface area contributed by atoms with Gasteiger partial charge in [0.05, 0.1) is 0 Å². The predicted octanol–water partition coefficient (Wildman–Crippen LogP) is 3.99. The van der Waals surface area contributed by atoms with Crippen LogP contribution in [-0.2, 0) is 38.6 Å². The molecule has 0 spiro atoms. The number of benzene rings is 4. The highest BCUT2D eigenvalue weighted by Crippen LogP contribution is 2.26. The van der Waals surface area contributed by atoms with Crippen LogP contribution in [0.2, 0.25) is 0 Å². The Bertz CT molecular complexity index is 2250. The lowest BCUT2D eigenvalue weighted by Gasteiger charge is -2.28.